The zero-order chi connectivity index (χ0) is 27.1. The summed E-state index contributed by atoms with van der Waals surface area (Å²) in [6.45, 7) is 5.16. The van der Waals surface area contributed by atoms with Crippen LogP contribution in [0.4, 0.5) is 23.0 Å². The van der Waals surface area contributed by atoms with Crippen LogP contribution in [0.15, 0.2) is 48.7 Å². The van der Waals surface area contributed by atoms with E-state index in [2.05, 4.69) is 15.3 Å². The summed E-state index contributed by atoms with van der Waals surface area (Å²) >= 11 is 0. The van der Waals surface area contributed by atoms with Gasteiger partial charge in [0.25, 0.3) is 5.69 Å². The highest BCUT2D eigenvalue weighted by molar-refractivity contribution is 6.07. The van der Waals surface area contributed by atoms with Crippen LogP contribution in [0.5, 0.6) is 11.5 Å². The van der Waals surface area contributed by atoms with E-state index in [-0.39, 0.29) is 29.2 Å². The molecule has 3 rings (SSSR count). The minimum Gasteiger partial charge on any atom is -0.494 e. The molecule has 11 nitrogen and oxygen atoms in total. The van der Waals surface area contributed by atoms with Crippen LogP contribution in [0.3, 0.4) is 0 Å². The predicted octanol–water partition coefficient (Wildman–Crippen LogP) is 4.15. The second kappa shape index (κ2) is 12.1. The van der Waals surface area contributed by atoms with Crippen LogP contribution >= 0.6 is 0 Å². The molecule has 0 aliphatic heterocycles. The highest BCUT2D eigenvalue weighted by Crippen LogP contribution is 2.38. The van der Waals surface area contributed by atoms with Gasteiger partial charge in [0.05, 0.1) is 23.8 Å². The molecule has 1 heterocycles. The van der Waals surface area contributed by atoms with Gasteiger partial charge in [-0.15, -0.1) is 0 Å². The van der Waals surface area contributed by atoms with Gasteiger partial charge in [-0.1, -0.05) is 0 Å². The van der Waals surface area contributed by atoms with Gasteiger partial charge in [0, 0.05) is 44.0 Å². The number of nitrogens with zero attached hydrogens (tertiary/aromatic N) is 5. The first-order chi connectivity index (χ1) is 17.6. The van der Waals surface area contributed by atoms with Crippen LogP contribution in [0.2, 0.25) is 0 Å². The first-order valence-electron chi connectivity index (χ1n) is 11.7. The van der Waals surface area contributed by atoms with E-state index in [1.165, 1.54) is 25.4 Å². The lowest BCUT2D eigenvalue weighted by Gasteiger charge is -2.22. The predicted molar refractivity (Wildman–Crippen MR) is 142 cm³/mol. The average Bonchev–Trinajstić information content (AvgIpc) is 2.86. The number of hydrogen-bond acceptors (Lipinski definition) is 10. The summed E-state index contributed by atoms with van der Waals surface area (Å²) in [6.07, 6.45) is 1.47. The van der Waals surface area contributed by atoms with E-state index in [1.54, 1.807) is 42.3 Å². The highest BCUT2D eigenvalue weighted by Gasteiger charge is 2.22. The van der Waals surface area contributed by atoms with E-state index in [4.69, 9.17) is 9.47 Å². The van der Waals surface area contributed by atoms with Crippen molar-refractivity contribution in [2.75, 3.05) is 51.6 Å². The summed E-state index contributed by atoms with van der Waals surface area (Å²) in [5.74, 6) is 0.851. The first-order valence-corrected chi connectivity index (χ1v) is 11.7. The zero-order valence-electron chi connectivity index (χ0n) is 21.9. The van der Waals surface area contributed by atoms with Crippen molar-refractivity contribution in [2.45, 2.75) is 20.0 Å². The topological polar surface area (TPSA) is 123 Å². The molecule has 0 saturated heterocycles. The third-order valence-corrected chi connectivity index (χ3v) is 5.41. The maximum absolute atomic E-state index is 13.0. The minimum atomic E-state index is -0.445. The number of ether oxygens (including phenoxy) is 2. The number of rotatable bonds is 12. The van der Waals surface area contributed by atoms with Crippen molar-refractivity contribution < 1.29 is 19.2 Å². The van der Waals surface area contributed by atoms with Gasteiger partial charge in [-0.2, -0.15) is 0 Å². The number of aromatic nitrogens is 2. The van der Waals surface area contributed by atoms with Crippen LogP contribution in [0.1, 0.15) is 29.9 Å². The molecule has 37 heavy (non-hydrogen) atoms. The van der Waals surface area contributed by atoms with Gasteiger partial charge in [-0.25, -0.2) is 9.97 Å². The summed E-state index contributed by atoms with van der Waals surface area (Å²) in [5.41, 5.74) is 1.24. The van der Waals surface area contributed by atoms with Crippen LogP contribution < -0.4 is 19.7 Å². The van der Waals surface area contributed by atoms with Gasteiger partial charge in [0.1, 0.15) is 22.9 Å². The molecule has 0 bridgehead atoms. The van der Waals surface area contributed by atoms with Gasteiger partial charge in [-0.05, 0) is 58.3 Å². The number of methoxy groups -OCH3 is 1. The van der Waals surface area contributed by atoms with Crippen LogP contribution in [0, 0.1) is 10.1 Å². The van der Waals surface area contributed by atoms with E-state index >= 15 is 0 Å². The molecule has 3 aromatic rings. The smallest absolute Gasteiger partial charge is 0.294 e. The Kier molecular flexibility index (Phi) is 8.96. The van der Waals surface area contributed by atoms with Crippen molar-refractivity contribution in [3.05, 3.63) is 70.0 Å². The Bertz CT molecular complexity index is 1250. The van der Waals surface area contributed by atoms with Crippen molar-refractivity contribution in [2.24, 2.45) is 0 Å². The summed E-state index contributed by atoms with van der Waals surface area (Å²) in [7, 11) is 7.14. The van der Waals surface area contributed by atoms with Crippen molar-refractivity contribution in [3.63, 3.8) is 0 Å². The molecule has 0 aliphatic rings. The lowest BCUT2D eigenvalue weighted by Crippen LogP contribution is -2.29. The fourth-order valence-corrected chi connectivity index (χ4v) is 3.52. The number of ketones is 1. The molecule has 0 amide bonds. The van der Waals surface area contributed by atoms with Crippen LogP contribution in [0.25, 0.3) is 0 Å². The molecular weight excluding hydrogens is 476 g/mol. The van der Waals surface area contributed by atoms with E-state index in [0.717, 1.165) is 6.54 Å². The molecule has 1 aromatic heterocycles. The van der Waals surface area contributed by atoms with E-state index in [1.807, 2.05) is 32.8 Å². The molecule has 11 heteroatoms. The normalized spacial score (nSPS) is 10.9. The second-order valence-electron chi connectivity index (χ2n) is 8.93. The monoisotopic (exact) mass is 508 g/mol. The maximum Gasteiger partial charge on any atom is 0.294 e. The van der Waals surface area contributed by atoms with Gasteiger partial charge < -0.3 is 24.6 Å². The number of nitro benzene ring substituents is 1. The Hall–Kier alpha value is -4.25. The number of anilines is 3. The molecule has 0 atom stereocenters. The molecule has 0 aliphatic carbocycles. The third-order valence-electron chi connectivity index (χ3n) is 5.41. The fourth-order valence-electron chi connectivity index (χ4n) is 3.52. The quantitative estimate of drug-likeness (QED) is 0.217. The molecule has 0 saturated carbocycles. The molecular formula is C26H32N6O5. The molecule has 0 radical (unpaired) electrons. The second-order valence-corrected chi connectivity index (χ2v) is 8.93. The first kappa shape index (κ1) is 27.3. The lowest BCUT2D eigenvalue weighted by molar-refractivity contribution is -0.384. The Balaban J connectivity index is 1.87. The van der Waals surface area contributed by atoms with Gasteiger partial charge in [0.15, 0.2) is 0 Å². The summed E-state index contributed by atoms with van der Waals surface area (Å²) in [4.78, 5) is 36.7. The third kappa shape index (κ3) is 7.14. The SMILES string of the molecule is COc1cc(N(C)CCN(C)C)c([N+](=O)[O-])cc1Nc1nccc(C(=O)c2ccc(OC(C)C)cc2)n1. The van der Waals surface area contributed by atoms with Crippen molar-refractivity contribution in [3.8, 4) is 11.5 Å². The number of likely N-dealkylation sites (N-methyl/N-ethyl adjacent to an activating group) is 2. The number of carbonyl (C=O) groups excluding carboxylic acids is 1. The van der Waals surface area contributed by atoms with E-state index < -0.39 is 4.92 Å². The Morgan fingerprint density at radius 3 is 2.41 bits per heavy atom. The molecule has 2 aromatic carbocycles. The summed E-state index contributed by atoms with van der Waals surface area (Å²) in [5, 5.41) is 14.8. The number of carbonyl (C=O) groups is 1. The Morgan fingerprint density at radius 1 is 1.11 bits per heavy atom. The Morgan fingerprint density at radius 2 is 1.81 bits per heavy atom. The largest absolute Gasteiger partial charge is 0.494 e. The fraction of sp³-hybridized carbons (Fsp3) is 0.346. The van der Waals surface area contributed by atoms with Crippen molar-refractivity contribution >= 4 is 28.8 Å². The van der Waals surface area contributed by atoms with Crippen LogP contribution in [-0.2, 0) is 0 Å². The number of benzene rings is 2. The zero-order valence-corrected chi connectivity index (χ0v) is 21.9. The molecule has 0 spiro atoms. The average molecular weight is 509 g/mol. The minimum absolute atomic E-state index is 0.0253. The standard InChI is InChI=1S/C26H32N6O5/c1-17(2)37-19-9-7-18(8-10-19)25(33)20-11-12-27-26(28-20)29-21-15-23(32(34)35)22(16-24(21)36-6)31(5)14-13-30(3)4/h7-12,15-17H,13-14H2,1-6H3,(H,27,28,29). The molecule has 196 valence electrons. The number of nitro groups is 1. The van der Waals surface area contributed by atoms with Gasteiger partial charge >= 0.3 is 0 Å². The molecule has 0 unspecified atom stereocenters. The van der Waals surface area contributed by atoms with Gasteiger partial charge in [-0.3, -0.25) is 14.9 Å². The molecule has 1 N–H and O–H groups in total. The summed E-state index contributed by atoms with van der Waals surface area (Å²) < 4.78 is 11.1. The van der Waals surface area contributed by atoms with Crippen molar-refractivity contribution in [1.29, 1.82) is 0 Å². The lowest BCUT2D eigenvalue weighted by atomic mass is 10.1. The highest BCUT2D eigenvalue weighted by atomic mass is 16.6. The maximum atomic E-state index is 13.0. The van der Waals surface area contributed by atoms with Crippen molar-refractivity contribution in [1.82, 2.24) is 14.9 Å². The van der Waals surface area contributed by atoms with E-state index in [0.29, 0.717) is 35.0 Å². The van der Waals surface area contributed by atoms with Gasteiger partial charge in [0.2, 0.25) is 11.7 Å². The van der Waals surface area contributed by atoms with E-state index in [9.17, 15) is 14.9 Å². The number of nitrogens with one attached hydrogen (secondary N) is 1. The Labute approximate surface area is 216 Å². The molecule has 0 fully saturated rings. The number of hydrogen-bond donors (Lipinski definition) is 1. The summed E-state index contributed by atoms with van der Waals surface area (Å²) in [6, 6.07) is 11.3. The van der Waals surface area contributed by atoms with Crippen LogP contribution in [-0.4, -0.2) is 73.0 Å².